The summed E-state index contributed by atoms with van der Waals surface area (Å²) >= 11 is 0. The second kappa shape index (κ2) is 4.48. The van der Waals surface area contributed by atoms with Crippen molar-refractivity contribution in [3.05, 3.63) is 52.4 Å². The number of nitrogens with zero attached hydrogens (tertiary/aromatic N) is 2. The molecule has 2 heterocycles. The number of aryl methyl sites for hydroxylation is 1. The number of phenols is 2. The van der Waals surface area contributed by atoms with Gasteiger partial charge in [-0.05, 0) is 0 Å². The zero-order chi connectivity index (χ0) is 15.1. The van der Waals surface area contributed by atoms with Crippen LogP contribution in [0, 0.1) is 0 Å². The van der Waals surface area contributed by atoms with E-state index in [1.807, 2.05) is 0 Å². The lowest BCUT2D eigenvalue weighted by Gasteiger charge is -2.04. The minimum absolute atomic E-state index is 0.0717. The summed E-state index contributed by atoms with van der Waals surface area (Å²) in [6, 6.07) is 3.18. The summed E-state index contributed by atoms with van der Waals surface area (Å²) in [5.41, 5.74) is -0.649. The molecule has 0 amide bonds. The van der Waals surface area contributed by atoms with Gasteiger partial charge >= 0.3 is 0 Å². The average molecular weight is 286 g/mol. The van der Waals surface area contributed by atoms with Crippen molar-refractivity contribution in [2.75, 3.05) is 0 Å². The maximum Gasteiger partial charge on any atom is 0.263 e. The number of rotatable bonds is 2. The highest BCUT2D eigenvalue weighted by molar-refractivity contribution is 6.05. The molecule has 2 N–H and O–H groups in total. The number of hydrogen-bond donors (Lipinski definition) is 2. The highest BCUT2D eigenvalue weighted by Crippen LogP contribution is 2.28. The van der Waals surface area contributed by atoms with Gasteiger partial charge in [0.2, 0.25) is 0 Å². The number of carbonyl (C=O) groups excluding carboxylic acids is 1. The molecule has 3 aromatic rings. The van der Waals surface area contributed by atoms with Crippen molar-refractivity contribution in [2.45, 2.75) is 0 Å². The van der Waals surface area contributed by atoms with Gasteiger partial charge in [-0.1, -0.05) is 0 Å². The van der Waals surface area contributed by atoms with Crippen LogP contribution in [-0.2, 0) is 7.05 Å². The predicted octanol–water partition coefficient (Wildman–Crippen LogP) is 1.17. The summed E-state index contributed by atoms with van der Waals surface area (Å²) in [5.74, 6) is -1.35. The lowest BCUT2D eigenvalue weighted by Crippen LogP contribution is -2.12. The first-order valence-electron chi connectivity index (χ1n) is 5.99. The second-order valence-corrected chi connectivity index (χ2v) is 4.50. The third-order valence-corrected chi connectivity index (χ3v) is 3.04. The molecule has 0 saturated heterocycles. The Kier molecular flexibility index (Phi) is 2.76. The topological polar surface area (TPSA) is 106 Å². The van der Waals surface area contributed by atoms with Gasteiger partial charge in [-0.3, -0.25) is 9.59 Å². The van der Waals surface area contributed by atoms with Crippen molar-refractivity contribution in [3.63, 3.8) is 0 Å². The van der Waals surface area contributed by atoms with Crippen molar-refractivity contribution < 1.29 is 19.4 Å². The Balaban J connectivity index is 2.24. The second-order valence-electron chi connectivity index (χ2n) is 4.50. The van der Waals surface area contributed by atoms with Crippen molar-refractivity contribution >= 4 is 16.8 Å². The van der Waals surface area contributed by atoms with Gasteiger partial charge in [0.25, 0.3) is 5.78 Å². The summed E-state index contributed by atoms with van der Waals surface area (Å²) in [5, 5.41) is 19.0. The first-order valence-corrected chi connectivity index (χ1v) is 5.99. The van der Waals surface area contributed by atoms with Crippen molar-refractivity contribution in [2.24, 2.45) is 7.05 Å². The van der Waals surface area contributed by atoms with Crippen LogP contribution in [-0.4, -0.2) is 25.5 Å². The fourth-order valence-electron chi connectivity index (χ4n) is 2.06. The number of ketones is 1. The third kappa shape index (κ3) is 2.04. The van der Waals surface area contributed by atoms with E-state index in [2.05, 4.69) is 4.98 Å². The fourth-order valence-corrected chi connectivity index (χ4v) is 2.06. The Morgan fingerprint density at radius 3 is 2.71 bits per heavy atom. The minimum Gasteiger partial charge on any atom is -0.508 e. The van der Waals surface area contributed by atoms with Crippen LogP contribution in [0.5, 0.6) is 11.5 Å². The number of aromatic hydroxyl groups is 2. The molecule has 0 aliphatic rings. The summed E-state index contributed by atoms with van der Waals surface area (Å²) in [6.07, 6.45) is 3.04. The molecule has 106 valence electrons. The number of imidazole rings is 1. The Labute approximate surface area is 117 Å². The number of benzene rings is 1. The normalized spacial score (nSPS) is 10.9. The van der Waals surface area contributed by atoms with Crippen LogP contribution in [0.4, 0.5) is 0 Å². The molecule has 0 aliphatic carbocycles. The van der Waals surface area contributed by atoms with E-state index in [9.17, 15) is 19.8 Å². The molecular weight excluding hydrogens is 276 g/mol. The molecule has 0 bridgehead atoms. The smallest absolute Gasteiger partial charge is 0.263 e. The van der Waals surface area contributed by atoms with Crippen LogP contribution in [0.3, 0.4) is 0 Å². The molecule has 2 aromatic heterocycles. The van der Waals surface area contributed by atoms with Gasteiger partial charge in [0.1, 0.15) is 22.5 Å². The van der Waals surface area contributed by atoms with Crippen LogP contribution in [0.25, 0.3) is 11.0 Å². The first-order chi connectivity index (χ1) is 9.97. The van der Waals surface area contributed by atoms with Crippen LogP contribution in [0.2, 0.25) is 0 Å². The maximum absolute atomic E-state index is 12.3. The van der Waals surface area contributed by atoms with Crippen LogP contribution in [0.15, 0.2) is 39.8 Å². The fraction of sp³-hybridized carbons (Fsp3) is 0.0714. The van der Waals surface area contributed by atoms with Crippen molar-refractivity contribution in [1.29, 1.82) is 0 Å². The molecule has 1 aromatic carbocycles. The lowest BCUT2D eigenvalue weighted by atomic mass is 10.1. The molecular formula is C14H10N2O5. The Bertz CT molecular complexity index is 923. The van der Waals surface area contributed by atoms with E-state index in [4.69, 9.17) is 4.42 Å². The van der Waals surface area contributed by atoms with Crippen LogP contribution >= 0.6 is 0 Å². The number of fused-ring (bicyclic) bond motifs is 1. The van der Waals surface area contributed by atoms with Gasteiger partial charge in [-0.25, -0.2) is 4.98 Å². The van der Waals surface area contributed by atoms with E-state index in [1.165, 1.54) is 10.8 Å². The zero-order valence-electron chi connectivity index (χ0n) is 10.9. The monoisotopic (exact) mass is 286 g/mol. The van der Waals surface area contributed by atoms with Gasteiger partial charge in [0, 0.05) is 37.6 Å². The number of phenolic OH excluding ortho intramolecular Hbond substituents is 2. The quantitative estimate of drug-likeness (QED) is 0.685. The van der Waals surface area contributed by atoms with Crippen molar-refractivity contribution in [1.82, 2.24) is 9.55 Å². The maximum atomic E-state index is 12.3. The molecule has 0 aliphatic heterocycles. The molecule has 3 rings (SSSR count). The molecule has 0 fully saturated rings. The van der Waals surface area contributed by atoms with Gasteiger partial charge in [-0.15, -0.1) is 0 Å². The van der Waals surface area contributed by atoms with Gasteiger partial charge < -0.3 is 19.2 Å². The molecule has 21 heavy (non-hydrogen) atoms. The van der Waals surface area contributed by atoms with E-state index in [0.29, 0.717) is 0 Å². The van der Waals surface area contributed by atoms with Crippen molar-refractivity contribution in [3.8, 4) is 11.5 Å². The summed E-state index contributed by atoms with van der Waals surface area (Å²) < 4.78 is 6.81. The van der Waals surface area contributed by atoms with E-state index >= 15 is 0 Å². The van der Waals surface area contributed by atoms with E-state index in [1.54, 1.807) is 13.2 Å². The summed E-state index contributed by atoms with van der Waals surface area (Å²) in [7, 11) is 1.64. The Morgan fingerprint density at radius 1 is 1.29 bits per heavy atom. The third-order valence-electron chi connectivity index (χ3n) is 3.04. The van der Waals surface area contributed by atoms with Gasteiger partial charge in [0.05, 0.1) is 0 Å². The summed E-state index contributed by atoms with van der Waals surface area (Å²) in [4.78, 5) is 28.2. The van der Waals surface area contributed by atoms with E-state index in [-0.39, 0.29) is 28.3 Å². The van der Waals surface area contributed by atoms with Crippen LogP contribution in [0.1, 0.15) is 16.4 Å². The zero-order valence-corrected chi connectivity index (χ0v) is 10.9. The number of carbonyl (C=O) groups is 1. The molecule has 0 saturated carbocycles. The standard InChI is InChI=1S/C14H10N2O5/c1-16-3-2-15-14(16)13(20)11-6-9(19)12-8(18)4-7(17)5-10(12)21-11/h2-6,17-18H,1H3. The van der Waals surface area contributed by atoms with E-state index in [0.717, 1.165) is 18.2 Å². The number of hydrogen-bond acceptors (Lipinski definition) is 6. The van der Waals surface area contributed by atoms with Gasteiger partial charge in [0.15, 0.2) is 17.0 Å². The molecule has 0 radical (unpaired) electrons. The molecule has 0 atom stereocenters. The predicted molar refractivity (Wildman–Crippen MR) is 72.5 cm³/mol. The summed E-state index contributed by atoms with van der Waals surface area (Å²) in [6.45, 7) is 0. The van der Waals surface area contributed by atoms with Crippen LogP contribution < -0.4 is 5.43 Å². The highest BCUT2D eigenvalue weighted by Gasteiger charge is 2.19. The molecule has 7 heteroatoms. The minimum atomic E-state index is -0.577. The average Bonchev–Trinajstić information content (AvgIpc) is 2.82. The molecule has 7 nitrogen and oxygen atoms in total. The Morgan fingerprint density at radius 2 is 2.05 bits per heavy atom. The van der Waals surface area contributed by atoms with E-state index < -0.39 is 17.0 Å². The number of aromatic nitrogens is 2. The first kappa shape index (κ1) is 12.9. The SMILES string of the molecule is Cn1ccnc1C(=O)c1cc(=O)c2c(O)cc(O)cc2o1. The molecule has 0 unspecified atom stereocenters. The molecule has 0 spiro atoms. The van der Waals surface area contributed by atoms with Gasteiger partial charge in [-0.2, -0.15) is 0 Å². The lowest BCUT2D eigenvalue weighted by molar-refractivity contribution is 0.0997. The highest BCUT2D eigenvalue weighted by atomic mass is 16.3. The Hall–Kier alpha value is -3.09. The largest absolute Gasteiger partial charge is 0.508 e.